The Balaban J connectivity index is 1.37. The van der Waals surface area contributed by atoms with Crippen LogP contribution in [0.25, 0.3) is 0 Å². The minimum Gasteiger partial charge on any atom is -0.454 e. The number of nitrogens with one attached hydrogen (secondary N) is 2. The summed E-state index contributed by atoms with van der Waals surface area (Å²) in [6, 6.07) is 17.1. The Morgan fingerprint density at radius 2 is 1.40 bits per heavy atom. The van der Waals surface area contributed by atoms with Gasteiger partial charge in [0.25, 0.3) is 5.91 Å². The quantitative estimate of drug-likeness (QED) is 0.378. The molecule has 0 spiro atoms. The monoisotopic (exact) mass is 492 g/mol. The molecule has 0 bridgehead atoms. The van der Waals surface area contributed by atoms with Gasteiger partial charge in [-0.05, 0) is 37.3 Å². The zero-order valence-electron chi connectivity index (χ0n) is 18.5. The molecule has 2 N–H and O–H groups in total. The van der Waals surface area contributed by atoms with E-state index in [-0.39, 0.29) is 38.8 Å². The lowest BCUT2D eigenvalue weighted by Crippen LogP contribution is -2.40. The van der Waals surface area contributed by atoms with Crippen molar-refractivity contribution in [1.29, 1.82) is 0 Å². The number of hydrogen-bond donors (Lipinski definition) is 2. The van der Waals surface area contributed by atoms with Crippen molar-refractivity contribution < 1.29 is 32.3 Å². The fourth-order valence-corrected chi connectivity index (χ4v) is 4.80. The van der Waals surface area contributed by atoms with E-state index in [9.17, 15) is 27.6 Å². The third-order valence-corrected chi connectivity index (χ3v) is 6.85. The van der Waals surface area contributed by atoms with Gasteiger partial charge in [-0.3, -0.25) is 19.2 Å². The van der Waals surface area contributed by atoms with Crippen LogP contribution in [0.15, 0.2) is 77.7 Å². The molecule has 1 aliphatic carbocycles. The van der Waals surface area contributed by atoms with Crippen molar-refractivity contribution in [3.8, 4) is 0 Å². The Labute approximate surface area is 201 Å². The number of amides is 1. The fourth-order valence-electron chi connectivity index (χ4n) is 3.58. The van der Waals surface area contributed by atoms with Crippen LogP contribution in [-0.2, 0) is 24.3 Å². The number of benzene rings is 3. The van der Waals surface area contributed by atoms with Gasteiger partial charge in [-0.15, -0.1) is 0 Å². The standard InChI is InChI=1S/C25H20N2O7S/c1-15(27-35(32,33)17-7-3-2-4-8-17)25(31)34-14-22(28)26-16-11-12-20-21(13-16)24(30)19-10-6-5-9-18(19)23(20)29/h2-13,15,27H,14H2,1H3,(H,26,28)/t15-/m0/s1. The maximum absolute atomic E-state index is 12.8. The Kier molecular flexibility index (Phi) is 6.59. The minimum atomic E-state index is -3.94. The summed E-state index contributed by atoms with van der Waals surface area (Å²) in [5, 5.41) is 2.50. The van der Waals surface area contributed by atoms with Gasteiger partial charge in [0, 0.05) is 27.9 Å². The summed E-state index contributed by atoms with van der Waals surface area (Å²) >= 11 is 0. The topological polar surface area (TPSA) is 136 Å². The molecule has 0 aromatic heterocycles. The summed E-state index contributed by atoms with van der Waals surface area (Å²) in [5.41, 5.74) is 1.24. The van der Waals surface area contributed by atoms with Crippen LogP contribution >= 0.6 is 0 Å². The normalized spacial score (nSPS) is 13.4. The van der Waals surface area contributed by atoms with Crippen LogP contribution < -0.4 is 10.0 Å². The Hall–Kier alpha value is -4.15. The fraction of sp³-hybridized carbons (Fsp3) is 0.120. The molecule has 0 unspecified atom stereocenters. The largest absolute Gasteiger partial charge is 0.454 e. The molecule has 0 radical (unpaired) electrons. The number of esters is 1. The van der Waals surface area contributed by atoms with Crippen LogP contribution in [0.2, 0.25) is 0 Å². The summed E-state index contributed by atoms with van der Waals surface area (Å²) in [6.45, 7) is 0.619. The van der Waals surface area contributed by atoms with E-state index < -0.39 is 34.5 Å². The predicted molar refractivity (Wildman–Crippen MR) is 126 cm³/mol. The maximum Gasteiger partial charge on any atom is 0.324 e. The lowest BCUT2D eigenvalue weighted by Gasteiger charge is -2.18. The molecule has 0 heterocycles. The van der Waals surface area contributed by atoms with E-state index in [0.29, 0.717) is 5.56 Å². The Morgan fingerprint density at radius 3 is 2.06 bits per heavy atom. The van der Waals surface area contributed by atoms with Crippen molar-refractivity contribution in [2.75, 3.05) is 11.9 Å². The first kappa shape index (κ1) is 24.0. The molecule has 3 aromatic rings. The lowest BCUT2D eigenvalue weighted by molar-refractivity contribution is -0.148. The number of carbonyl (C=O) groups is 4. The molecule has 1 amide bonds. The smallest absolute Gasteiger partial charge is 0.324 e. The molecular weight excluding hydrogens is 472 g/mol. The SMILES string of the molecule is C[C@H](NS(=O)(=O)c1ccccc1)C(=O)OCC(=O)Nc1ccc2c(c1)C(=O)c1ccccc1C2=O. The Morgan fingerprint density at radius 1 is 0.829 bits per heavy atom. The van der Waals surface area contributed by atoms with Crippen LogP contribution in [0.4, 0.5) is 5.69 Å². The third-order valence-electron chi connectivity index (χ3n) is 5.29. The van der Waals surface area contributed by atoms with Crippen LogP contribution in [-0.4, -0.2) is 44.5 Å². The van der Waals surface area contributed by atoms with Crippen molar-refractivity contribution in [3.63, 3.8) is 0 Å². The maximum atomic E-state index is 12.8. The second kappa shape index (κ2) is 9.61. The minimum absolute atomic E-state index is 0.0135. The number of hydrogen-bond acceptors (Lipinski definition) is 7. The summed E-state index contributed by atoms with van der Waals surface area (Å²) in [4.78, 5) is 49.9. The highest BCUT2D eigenvalue weighted by Gasteiger charge is 2.29. The van der Waals surface area contributed by atoms with E-state index in [1.165, 1.54) is 37.3 Å². The molecule has 1 atom stereocenters. The van der Waals surface area contributed by atoms with Gasteiger partial charge in [-0.2, -0.15) is 4.72 Å². The number of ketones is 2. The van der Waals surface area contributed by atoms with Gasteiger partial charge in [-0.1, -0.05) is 42.5 Å². The van der Waals surface area contributed by atoms with Gasteiger partial charge in [-0.25, -0.2) is 8.42 Å². The van der Waals surface area contributed by atoms with Crippen molar-refractivity contribution in [2.45, 2.75) is 17.9 Å². The van der Waals surface area contributed by atoms with Crippen molar-refractivity contribution >= 4 is 39.2 Å². The zero-order valence-corrected chi connectivity index (χ0v) is 19.3. The van der Waals surface area contributed by atoms with Gasteiger partial charge in [0.2, 0.25) is 10.0 Å². The molecule has 1 aliphatic rings. The first-order valence-electron chi connectivity index (χ1n) is 10.5. The van der Waals surface area contributed by atoms with Crippen LogP contribution in [0.1, 0.15) is 38.8 Å². The highest BCUT2D eigenvalue weighted by Crippen LogP contribution is 2.29. The zero-order chi connectivity index (χ0) is 25.2. The van der Waals surface area contributed by atoms with Gasteiger partial charge in [0.05, 0.1) is 4.90 Å². The highest BCUT2D eigenvalue weighted by molar-refractivity contribution is 7.89. The molecule has 0 fully saturated rings. The van der Waals surface area contributed by atoms with Crippen molar-refractivity contribution in [1.82, 2.24) is 4.72 Å². The highest BCUT2D eigenvalue weighted by atomic mass is 32.2. The van der Waals surface area contributed by atoms with Gasteiger partial charge in [0.1, 0.15) is 6.04 Å². The summed E-state index contributed by atoms with van der Waals surface area (Å²) in [7, 11) is -3.94. The number of anilines is 1. The molecule has 9 nitrogen and oxygen atoms in total. The van der Waals surface area contributed by atoms with Gasteiger partial charge in [0.15, 0.2) is 18.2 Å². The molecule has 3 aromatic carbocycles. The average Bonchev–Trinajstić information content (AvgIpc) is 2.86. The molecule has 4 rings (SSSR count). The summed E-state index contributed by atoms with van der Waals surface area (Å²) < 4.78 is 31.8. The first-order chi connectivity index (χ1) is 16.7. The lowest BCUT2D eigenvalue weighted by atomic mass is 9.84. The summed E-state index contributed by atoms with van der Waals surface area (Å²) in [6.07, 6.45) is 0. The van der Waals surface area contributed by atoms with Gasteiger partial charge >= 0.3 is 5.97 Å². The predicted octanol–water partition coefficient (Wildman–Crippen LogP) is 2.31. The molecule has 35 heavy (non-hydrogen) atoms. The molecule has 0 saturated carbocycles. The first-order valence-corrected chi connectivity index (χ1v) is 12.0. The molecule has 10 heteroatoms. The van der Waals surface area contributed by atoms with Crippen molar-refractivity contribution in [3.05, 3.63) is 95.1 Å². The number of fused-ring (bicyclic) bond motifs is 2. The van der Waals surface area contributed by atoms with Crippen molar-refractivity contribution in [2.24, 2.45) is 0 Å². The third kappa shape index (κ3) is 5.03. The molecule has 0 aliphatic heterocycles. The van der Waals surface area contributed by atoms with E-state index >= 15 is 0 Å². The van der Waals surface area contributed by atoms with E-state index in [2.05, 4.69) is 10.0 Å². The van der Waals surface area contributed by atoms with E-state index in [0.717, 1.165) is 0 Å². The number of ether oxygens (including phenoxy) is 1. The van der Waals surface area contributed by atoms with Gasteiger partial charge < -0.3 is 10.1 Å². The second-order valence-electron chi connectivity index (χ2n) is 7.78. The van der Waals surface area contributed by atoms with Crippen LogP contribution in [0.5, 0.6) is 0 Å². The molecular formula is C25H20N2O7S. The number of rotatable bonds is 7. The van der Waals surface area contributed by atoms with Crippen LogP contribution in [0.3, 0.4) is 0 Å². The average molecular weight is 493 g/mol. The Bertz CT molecular complexity index is 1450. The van der Waals surface area contributed by atoms with E-state index in [4.69, 9.17) is 4.74 Å². The van der Waals surface area contributed by atoms with E-state index in [1.54, 1.807) is 42.5 Å². The summed E-state index contributed by atoms with van der Waals surface area (Å²) in [5.74, 6) is -2.26. The number of carbonyl (C=O) groups excluding carboxylic acids is 4. The van der Waals surface area contributed by atoms with Crippen LogP contribution in [0, 0.1) is 0 Å². The molecule has 178 valence electrons. The number of sulfonamides is 1. The van der Waals surface area contributed by atoms with E-state index in [1.807, 2.05) is 0 Å². The molecule has 0 saturated heterocycles. The second-order valence-corrected chi connectivity index (χ2v) is 9.49.